The summed E-state index contributed by atoms with van der Waals surface area (Å²) in [6, 6.07) is 6.04. The zero-order chi connectivity index (χ0) is 22.6. The number of thiazole rings is 1. The van der Waals surface area contributed by atoms with E-state index in [-0.39, 0.29) is 23.6 Å². The fourth-order valence-corrected chi connectivity index (χ4v) is 5.50. The summed E-state index contributed by atoms with van der Waals surface area (Å²) >= 11 is 5.14. The third-order valence-electron chi connectivity index (χ3n) is 5.76. The standard InChI is InChI=1S/C20H20BrN7O3S/c1-24-17-16(18(30)25(2)20(24)31)28(11-22-17)10-15(29)26-5-7-27(8-6-26)19-23-13-4-3-12(21)9-14(13)32-19/h3-4,9,11H,5-8,10H2,1-2H3. The molecule has 0 spiro atoms. The minimum Gasteiger partial charge on any atom is -0.345 e. The Morgan fingerprint density at radius 2 is 1.88 bits per heavy atom. The molecule has 0 bridgehead atoms. The number of hydrogen-bond acceptors (Lipinski definition) is 7. The minimum absolute atomic E-state index is 0.000885. The molecule has 3 aromatic heterocycles. The fraction of sp³-hybridized carbons (Fsp3) is 0.350. The molecule has 32 heavy (non-hydrogen) atoms. The van der Waals surface area contributed by atoms with Crippen LogP contribution in [0, 0.1) is 0 Å². The van der Waals surface area contributed by atoms with Crippen LogP contribution in [0.3, 0.4) is 0 Å². The number of piperazine rings is 1. The van der Waals surface area contributed by atoms with E-state index in [2.05, 4.69) is 31.9 Å². The second-order valence-corrected chi connectivity index (χ2v) is 9.65. The van der Waals surface area contributed by atoms with Gasteiger partial charge in [-0.1, -0.05) is 27.3 Å². The highest BCUT2D eigenvalue weighted by atomic mass is 79.9. The van der Waals surface area contributed by atoms with E-state index in [1.54, 1.807) is 23.3 Å². The average molecular weight is 518 g/mol. The molecule has 5 rings (SSSR count). The number of hydrogen-bond donors (Lipinski definition) is 0. The van der Waals surface area contributed by atoms with E-state index in [1.807, 2.05) is 12.1 Å². The van der Waals surface area contributed by atoms with Crippen LogP contribution in [0.15, 0.2) is 38.6 Å². The van der Waals surface area contributed by atoms with Crippen molar-refractivity contribution < 1.29 is 4.79 Å². The number of anilines is 1. The van der Waals surface area contributed by atoms with Crippen molar-refractivity contribution in [1.82, 2.24) is 28.6 Å². The largest absolute Gasteiger partial charge is 0.345 e. The van der Waals surface area contributed by atoms with Crippen LogP contribution >= 0.6 is 27.3 Å². The molecule has 0 saturated carbocycles. The number of halogens is 1. The molecular formula is C20H20BrN7O3S. The second kappa shape index (κ2) is 7.85. The molecule has 1 aliphatic rings. The Labute approximate surface area is 194 Å². The number of aromatic nitrogens is 5. The Kier molecular flexibility index (Phi) is 5.13. The van der Waals surface area contributed by atoms with E-state index >= 15 is 0 Å². The summed E-state index contributed by atoms with van der Waals surface area (Å²) in [4.78, 5) is 50.5. The van der Waals surface area contributed by atoms with Gasteiger partial charge in [0.05, 0.1) is 16.5 Å². The lowest BCUT2D eigenvalue weighted by molar-refractivity contribution is -0.132. The predicted octanol–water partition coefficient (Wildman–Crippen LogP) is 1.15. The molecular weight excluding hydrogens is 498 g/mol. The maximum atomic E-state index is 12.9. The first-order valence-corrected chi connectivity index (χ1v) is 11.6. The van der Waals surface area contributed by atoms with Gasteiger partial charge in [0.1, 0.15) is 6.54 Å². The summed E-state index contributed by atoms with van der Waals surface area (Å²) in [7, 11) is 2.98. The molecule has 12 heteroatoms. The normalized spacial score (nSPS) is 14.6. The monoisotopic (exact) mass is 517 g/mol. The maximum Gasteiger partial charge on any atom is 0.332 e. The molecule has 1 aromatic carbocycles. The first-order valence-electron chi connectivity index (χ1n) is 10.0. The van der Waals surface area contributed by atoms with Crippen molar-refractivity contribution in [1.29, 1.82) is 0 Å². The van der Waals surface area contributed by atoms with Gasteiger partial charge in [-0.25, -0.2) is 14.8 Å². The summed E-state index contributed by atoms with van der Waals surface area (Å²) in [6.07, 6.45) is 1.44. The van der Waals surface area contributed by atoms with E-state index < -0.39 is 11.2 Å². The zero-order valence-electron chi connectivity index (χ0n) is 17.5. The van der Waals surface area contributed by atoms with Crippen LogP contribution in [-0.4, -0.2) is 60.7 Å². The first-order chi connectivity index (χ1) is 15.3. The highest BCUT2D eigenvalue weighted by molar-refractivity contribution is 9.10. The van der Waals surface area contributed by atoms with E-state index in [0.29, 0.717) is 26.2 Å². The Balaban J connectivity index is 1.31. The Hall–Kier alpha value is -2.99. The van der Waals surface area contributed by atoms with Gasteiger partial charge in [0.15, 0.2) is 16.3 Å². The maximum absolute atomic E-state index is 12.9. The number of carbonyl (C=O) groups excluding carboxylic acids is 1. The van der Waals surface area contributed by atoms with Gasteiger partial charge in [-0.05, 0) is 18.2 Å². The molecule has 0 atom stereocenters. The van der Waals surface area contributed by atoms with Crippen molar-refractivity contribution >= 4 is 59.7 Å². The van der Waals surface area contributed by atoms with Gasteiger partial charge < -0.3 is 14.4 Å². The van der Waals surface area contributed by atoms with Crippen LogP contribution in [-0.2, 0) is 25.4 Å². The minimum atomic E-state index is -0.458. The Bertz CT molecular complexity index is 1480. The number of aryl methyl sites for hydroxylation is 1. The van der Waals surface area contributed by atoms with Crippen molar-refractivity contribution in [2.75, 3.05) is 31.1 Å². The topological polar surface area (TPSA) is 98.3 Å². The van der Waals surface area contributed by atoms with Gasteiger partial charge in [0, 0.05) is 44.7 Å². The number of imidazole rings is 1. The van der Waals surface area contributed by atoms with Crippen molar-refractivity contribution in [3.8, 4) is 0 Å². The number of benzene rings is 1. The number of carbonyl (C=O) groups is 1. The molecule has 0 unspecified atom stereocenters. The summed E-state index contributed by atoms with van der Waals surface area (Å²) in [5, 5.41) is 0.954. The van der Waals surface area contributed by atoms with Gasteiger partial charge in [0.2, 0.25) is 5.91 Å². The molecule has 1 fully saturated rings. The second-order valence-electron chi connectivity index (χ2n) is 7.73. The van der Waals surface area contributed by atoms with E-state index in [1.165, 1.54) is 22.5 Å². The molecule has 0 aliphatic carbocycles. The smallest absolute Gasteiger partial charge is 0.332 e. The van der Waals surface area contributed by atoms with Crippen LogP contribution in [0.5, 0.6) is 0 Å². The molecule has 10 nitrogen and oxygen atoms in total. The molecule has 1 aliphatic heterocycles. The molecule has 4 aromatic rings. The van der Waals surface area contributed by atoms with Crippen molar-refractivity contribution in [3.05, 3.63) is 49.8 Å². The molecule has 0 N–H and O–H groups in total. The third kappa shape index (κ3) is 3.43. The number of fused-ring (bicyclic) bond motifs is 2. The molecule has 1 saturated heterocycles. The number of rotatable bonds is 3. The van der Waals surface area contributed by atoms with E-state index in [0.717, 1.165) is 24.4 Å². The van der Waals surface area contributed by atoms with Crippen LogP contribution in [0.25, 0.3) is 21.4 Å². The summed E-state index contributed by atoms with van der Waals surface area (Å²) in [5.41, 5.74) is 0.591. The van der Waals surface area contributed by atoms with Crippen LogP contribution in [0.2, 0.25) is 0 Å². The van der Waals surface area contributed by atoms with Gasteiger partial charge in [-0.2, -0.15) is 0 Å². The summed E-state index contributed by atoms with van der Waals surface area (Å²) in [6.45, 7) is 2.52. The summed E-state index contributed by atoms with van der Waals surface area (Å²) < 4.78 is 6.01. The van der Waals surface area contributed by atoms with Crippen molar-refractivity contribution in [2.24, 2.45) is 14.1 Å². The highest BCUT2D eigenvalue weighted by Crippen LogP contribution is 2.31. The lowest BCUT2D eigenvalue weighted by atomic mass is 10.3. The molecule has 1 amide bonds. The third-order valence-corrected chi connectivity index (χ3v) is 7.34. The first kappa shape index (κ1) is 20.9. The lowest BCUT2D eigenvalue weighted by Crippen LogP contribution is -2.49. The number of nitrogens with zero attached hydrogens (tertiary/aromatic N) is 7. The summed E-state index contributed by atoms with van der Waals surface area (Å²) in [5.74, 6) is -0.0897. The van der Waals surface area contributed by atoms with Gasteiger partial charge in [-0.3, -0.25) is 18.7 Å². The van der Waals surface area contributed by atoms with Gasteiger partial charge >= 0.3 is 5.69 Å². The average Bonchev–Trinajstić information content (AvgIpc) is 3.40. The predicted molar refractivity (Wildman–Crippen MR) is 126 cm³/mol. The van der Waals surface area contributed by atoms with E-state index in [4.69, 9.17) is 4.98 Å². The van der Waals surface area contributed by atoms with Gasteiger partial charge in [-0.15, -0.1) is 0 Å². The Morgan fingerprint density at radius 1 is 1.12 bits per heavy atom. The van der Waals surface area contributed by atoms with Crippen LogP contribution in [0.4, 0.5) is 5.13 Å². The van der Waals surface area contributed by atoms with Crippen molar-refractivity contribution in [3.63, 3.8) is 0 Å². The fourth-order valence-electron chi connectivity index (χ4n) is 3.93. The number of amides is 1. The Morgan fingerprint density at radius 3 is 2.62 bits per heavy atom. The molecule has 4 heterocycles. The van der Waals surface area contributed by atoms with E-state index in [9.17, 15) is 14.4 Å². The molecule has 0 radical (unpaired) electrons. The highest BCUT2D eigenvalue weighted by Gasteiger charge is 2.24. The van der Waals surface area contributed by atoms with Gasteiger partial charge in [0.25, 0.3) is 5.56 Å². The zero-order valence-corrected chi connectivity index (χ0v) is 19.9. The lowest BCUT2D eigenvalue weighted by Gasteiger charge is -2.34. The van der Waals surface area contributed by atoms with Crippen LogP contribution in [0.1, 0.15) is 0 Å². The quantitative estimate of drug-likeness (QED) is 0.404. The van der Waals surface area contributed by atoms with Crippen molar-refractivity contribution in [2.45, 2.75) is 6.54 Å². The molecule has 166 valence electrons. The SMILES string of the molecule is Cn1c(=O)c2c(ncn2CC(=O)N2CCN(c3nc4ccc(Br)cc4s3)CC2)n(C)c1=O. The van der Waals surface area contributed by atoms with Crippen LogP contribution < -0.4 is 16.1 Å².